The number of halogens is 1. The third-order valence-electron chi connectivity index (χ3n) is 5.25. The first kappa shape index (κ1) is 23.1. The molecule has 0 spiro atoms. The van der Waals surface area contributed by atoms with Crippen LogP contribution in [0.15, 0.2) is 60.7 Å². The molecule has 0 radical (unpaired) electrons. The highest BCUT2D eigenvalue weighted by Crippen LogP contribution is 2.12. The van der Waals surface area contributed by atoms with Gasteiger partial charge in [0.15, 0.2) is 0 Å². The summed E-state index contributed by atoms with van der Waals surface area (Å²) in [4.78, 5) is 16.7. The SMILES string of the molecule is CS(=O)(=O)N(CC(=O)N1CCN(C/C=C/c2ccccc2)CC1)Cc1ccc(F)cc1. The molecule has 1 amide bonds. The van der Waals surface area contributed by atoms with E-state index in [4.69, 9.17) is 0 Å². The maximum atomic E-state index is 13.1. The average Bonchev–Trinajstić information content (AvgIpc) is 2.75. The molecular formula is C23H28FN3O3S. The first-order valence-corrected chi connectivity index (χ1v) is 12.1. The predicted molar refractivity (Wildman–Crippen MR) is 120 cm³/mol. The second-order valence-electron chi connectivity index (χ2n) is 7.65. The zero-order chi connectivity index (χ0) is 22.3. The molecule has 0 unspecified atom stereocenters. The van der Waals surface area contributed by atoms with Gasteiger partial charge in [0.05, 0.1) is 12.8 Å². The van der Waals surface area contributed by atoms with Crippen molar-refractivity contribution in [2.75, 3.05) is 45.5 Å². The van der Waals surface area contributed by atoms with Gasteiger partial charge < -0.3 is 4.90 Å². The number of amides is 1. The molecule has 1 saturated heterocycles. The fourth-order valence-electron chi connectivity index (χ4n) is 3.42. The van der Waals surface area contributed by atoms with E-state index in [0.29, 0.717) is 18.7 Å². The highest BCUT2D eigenvalue weighted by molar-refractivity contribution is 7.88. The molecule has 0 atom stereocenters. The molecule has 8 heteroatoms. The largest absolute Gasteiger partial charge is 0.339 e. The van der Waals surface area contributed by atoms with Crippen molar-refractivity contribution in [2.45, 2.75) is 6.54 Å². The molecule has 3 rings (SSSR count). The summed E-state index contributed by atoms with van der Waals surface area (Å²) in [5.41, 5.74) is 1.79. The van der Waals surface area contributed by atoms with Crippen LogP contribution in [0.25, 0.3) is 6.08 Å². The number of hydrogen-bond donors (Lipinski definition) is 0. The van der Waals surface area contributed by atoms with Crippen LogP contribution in [0.2, 0.25) is 0 Å². The Balaban J connectivity index is 1.50. The quantitative estimate of drug-likeness (QED) is 0.626. The van der Waals surface area contributed by atoms with E-state index < -0.39 is 10.0 Å². The number of piperazine rings is 1. The minimum Gasteiger partial charge on any atom is -0.339 e. The maximum absolute atomic E-state index is 13.1. The molecule has 0 N–H and O–H groups in total. The molecular weight excluding hydrogens is 417 g/mol. The normalized spacial score (nSPS) is 15.6. The van der Waals surface area contributed by atoms with E-state index in [-0.39, 0.29) is 24.8 Å². The number of sulfonamides is 1. The second kappa shape index (κ2) is 10.7. The van der Waals surface area contributed by atoms with Gasteiger partial charge in [-0.3, -0.25) is 9.69 Å². The van der Waals surface area contributed by atoms with Gasteiger partial charge in [0.2, 0.25) is 15.9 Å². The van der Waals surface area contributed by atoms with Gasteiger partial charge in [-0.25, -0.2) is 12.8 Å². The summed E-state index contributed by atoms with van der Waals surface area (Å²) in [5.74, 6) is -0.603. The molecule has 166 valence electrons. The molecule has 0 aromatic heterocycles. The molecule has 1 heterocycles. The summed E-state index contributed by atoms with van der Waals surface area (Å²) in [6.07, 6.45) is 5.28. The molecule has 2 aromatic carbocycles. The van der Waals surface area contributed by atoms with Gasteiger partial charge in [-0.05, 0) is 23.3 Å². The minimum absolute atomic E-state index is 0.0368. The van der Waals surface area contributed by atoms with Crippen LogP contribution in [0.3, 0.4) is 0 Å². The Kier molecular flexibility index (Phi) is 7.95. The van der Waals surface area contributed by atoms with Crippen molar-refractivity contribution in [1.29, 1.82) is 0 Å². The predicted octanol–water partition coefficient (Wildman–Crippen LogP) is 2.44. The monoisotopic (exact) mass is 445 g/mol. The fourth-order valence-corrected chi connectivity index (χ4v) is 4.15. The summed E-state index contributed by atoms with van der Waals surface area (Å²) in [6, 6.07) is 15.7. The second-order valence-corrected chi connectivity index (χ2v) is 9.63. The smallest absolute Gasteiger partial charge is 0.237 e. The molecule has 0 saturated carbocycles. The minimum atomic E-state index is -3.58. The fraction of sp³-hybridized carbons (Fsp3) is 0.348. The van der Waals surface area contributed by atoms with Gasteiger partial charge in [-0.15, -0.1) is 0 Å². The lowest BCUT2D eigenvalue weighted by atomic mass is 10.2. The third kappa shape index (κ3) is 7.27. The van der Waals surface area contributed by atoms with E-state index >= 15 is 0 Å². The van der Waals surface area contributed by atoms with Crippen molar-refractivity contribution in [3.63, 3.8) is 0 Å². The van der Waals surface area contributed by atoms with Crippen molar-refractivity contribution < 1.29 is 17.6 Å². The maximum Gasteiger partial charge on any atom is 0.237 e. The lowest BCUT2D eigenvalue weighted by Crippen LogP contribution is -2.51. The number of benzene rings is 2. The van der Waals surface area contributed by atoms with Gasteiger partial charge in [0.25, 0.3) is 0 Å². The van der Waals surface area contributed by atoms with E-state index in [0.717, 1.165) is 35.8 Å². The summed E-state index contributed by atoms with van der Waals surface area (Å²) in [7, 11) is -3.58. The van der Waals surface area contributed by atoms with Gasteiger partial charge in [-0.2, -0.15) is 4.31 Å². The Morgan fingerprint density at radius 2 is 1.68 bits per heavy atom. The molecule has 1 aliphatic heterocycles. The van der Waals surface area contributed by atoms with E-state index in [9.17, 15) is 17.6 Å². The average molecular weight is 446 g/mol. The molecule has 1 aliphatic rings. The van der Waals surface area contributed by atoms with Crippen LogP contribution >= 0.6 is 0 Å². The molecule has 1 fully saturated rings. The third-order valence-corrected chi connectivity index (χ3v) is 6.45. The molecule has 2 aromatic rings. The molecule has 0 aliphatic carbocycles. The van der Waals surface area contributed by atoms with Crippen LogP contribution in [0.1, 0.15) is 11.1 Å². The number of carbonyl (C=O) groups is 1. The van der Waals surface area contributed by atoms with Gasteiger partial charge >= 0.3 is 0 Å². The van der Waals surface area contributed by atoms with Crippen LogP contribution in [-0.4, -0.2) is 74.0 Å². The van der Waals surface area contributed by atoms with E-state index in [1.54, 1.807) is 4.90 Å². The Bertz CT molecular complexity index is 986. The topological polar surface area (TPSA) is 60.9 Å². The van der Waals surface area contributed by atoms with Gasteiger partial charge in [-0.1, -0.05) is 54.6 Å². The Morgan fingerprint density at radius 1 is 1.03 bits per heavy atom. The number of nitrogens with zero attached hydrogens (tertiary/aromatic N) is 3. The summed E-state index contributed by atoms with van der Waals surface area (Å²) >= 11 is 0. The standard InChI is InChI=1S/C23H28FN3O3S/c1-31(29,30)27(18-21-9-11-22(24)12-10-21)19-23(28)26-16-14-25(15-17-26)13-5-8-20-6-3-2-4-7-20/h2-12H,13-19H2,1H3/b8-5+. The van der Waals surface area contributed by atoms with E-state index in [2.05, 4.69) is 17.1 Å². The summed E-state index contributed by atoms with van der Waals surface area (Å²) < 4.78 is 38.6. The number of carbonyl (C=O) groups excluding carboxylic acids is 1. The van der Waals surface area contributed by atoms with Crippen molar-refractivity contribution in [1.82, 2.24) is 14.1 Å². The van der Waals surface area contributed by atoms with Crippen molar-refractivity contribution in [3.05, 3.63) is 77.6 Å². The lowest BCUT2D eigenvalue weighted by molar-refractivity contribution is -0.133. The van der Waals surface area contributed by atoms with Crippen LogP contribution in [0, 0.1) is 5.82 Å². The Labute approximate surface area is 183 Å². The van der Waals surface area contributed by atoms with E-state index in [1.165, 1.54) is 24.3 Å². The molecule has 0 bridgehead atoms. The number of hydrogen-bond acceptors (Lipinski definition) is 4. The first-order chi connectivity index (χ1) is 14.8. The first-order valence-electron chi connectivity index (χ1n) is 10.2. The van der Waals surface area contributed by atoms with Gasteiger partial charge in [0.1, 0.15) is 5.82 Å². The van der Waals surface area contributed by atoms with Crippen molar-refractivity contribution in [3.8, 4) is 0 Å². The van der Waals surface area contributed by atoms with E-state index in [1.807, 2.05) is 30.3 Å². The zero-order valence-electron chi connectivity index (χ0n) is 17.7. The van der Waals surface area contributed by atoms with Gasteiger partial charge in [0, 0.05) is 39.3 Å². The van der Waals surface area contributed by atoms with Crippen LogP contribution in [0.5, 0.6) is 0 Å². The molecule has 6 nitrogen and oxygen atoms in total. The van der Waals surface area contributed by atoms with Crippen molar-refractivity contribution in [2.24, 2.45) is 0 Å². The van der Waals surface area contributed by atoms with Crippen molar-refractivity contribution >= 4 is 22.0 Å². The highest BCUT2D eigenvalue weighted by Gasteiger charge is 2.26. The zero-order valence-corrected chi connectivity index (χ0v) is 18.5. The van der Waals surface area contributed by atoms with Crippen LogP contribution < -0.4 is 0 Å². The Morgan fingerprint density at radius 3 is 2.29 bits per heavy atom. The summed E-state index contributed by atoms with van der Waals surface area (Å²) in [5, 5.41) is 0. The number of rotatable bonds is 8. The molecule has 31 heavy (non-hydrogen) atoms. The highest BCUT2D eigenvalue weighted by atomic mass is 32.2. The lowest BCUT2D eigenvalue weighted by Gasteiger charge is -2.35. The van der Waals surface area contributed by atoms with Crippen LogP contribution in [-0.2, 0) is 21.4 Å². The van der Waals surface area contributed by atoms with Crippen LogP contribution in [0.4, 0.5) is 4.39 Å². The summed E-state index contributed by atoms with van der Waals surface area (Å²) in [6.45, 7) is 3.22. The Hall–Kier alpha value is -2.55.